The lowest BCUT2D eigenvalue weighted by molar-refractivity contribution is 0.446. The SMILES string of the molecule is CC(C)Cc1cc(-c2ccccn2)cc(-c2cncc3c2nc(-c2cc(C(C)(C)C)cc(C(C)(C)C)c2O)n3-c2ccccc2-c2ccccc2)c1. The molecule has 3 aromatic heterocycles. The molecule has 7 aromatic rings. The van der Waals surface area contributed by atoms with E-state index in [1.807, 2.05) is 36.8 Å². The van der Waals surface area contributed by atoms with Crippen molar-refractivity contribution >= 4 is 11.0 Å². The third kappa shape index (κ3) is 6.76. The maximum Gasteiger partial charge on any atom is 0.149 e. The van der Waals surface area contributed by atoms with Crippen LogP contribution in [-0.4, -0.2) is 24.6 Å². The zero-order chi connectivity index (χ0) is 36.8. The smallest absolute Gasteiger partial charge is 0.149 e. The van der Waals surface area contributed by atoms with Crippen molar-refractivity contribution in [3.8, 4) is 56.3 Å². The molecular weight excluding hydrogens is 637 g/mol. The Kier molecular flexibility index (Phi) is 9.08. The zero-order valence-electron chi connectivity index (χ0n) is 31.6. The van der Waals surface area contributed by atoms with Gasteiger partial charge in [0.2, 0.25) is 0 Å². The van der Waals surface area contributed by atoms with Crippen LogP contribution >= 0.6 is 0 Å². The highest BCUT2D eigenvalue weighted by molar-refractivity contribution is 5.97. The summed E-state index contributed by atoms with van der Waals surface area (Å²) in [4.78, 5) is 15.1. The van der Waals surface area contributed by atoms with Gasteiger partial charge < -0.3 is 5.11 Å². The number of nitrogens with zero attached hydrogens (tertiary/aromatic N) is 4. The van der Waals surface area contributed by atoms with Crippen LogP contribution in [0.3, 0.4) is 0 Å². The van der Waals surface area contributed by atoms with Gasteiger partial charge in [-0.2, -0.15) is 0 Å². The summed E-state index contributed by atoms with van der Waals surface area (Å²) in [6.45, 7) is 17.6. The Labute approximate surface area is 308 Å². The Morgan fingerprint density at radius 1 is 0.673 bits per heavy atom. The largest absolute Gasteiger partial charge is 0.507 e. The van der Waals surface area contributed by atoms with Crippen molar-refractivity contribution in [3.63, 3.8) is 0 Å². The lowest BCUT2D eigenvalue weighted by Gasteiger charge is -2.27. The fraction of sp³-hybridized carbons (Fsp3) is 0.255. The van der Waals surface area contributed by atoms with Crippen LogP contribution in [-0.2, 0) is 17.3 Å². The number of fused-ring (bicyclic) bond motifs is 1. The molecule has 0 amide bonds. The van der Waals surface area contributed by atoms with Crippen LogP contribution in [0.4, 0.5) is 0 Å². The first-order chi connectivity index (χ1) is 24.8. The number of para-hydroxylation sites is 1. The van der Waals surface area contributed by atoms with Crippen molar-refractivity contribution < 1.29 is 5.11 Å². The summed E-state index contributed by atoms with van der Waals surface area (Å²) in [5, 5.41) is 12.2. The van der Waals surface area contributed by atoms with Crippen LogP contribution < -0.4 is 0 Å². The van der Waals surface area contributed by atoms with Gasteiger partial charge in [0.15, 0.2) is 0 Å². The van der Waals surface area contributed by atoms with Crippen LogP contribution in [0.2, 0.25) is 0 Å². The maximum absolute atomic E-state index is 12.2. The summed E-state index contributed by atoms with van der Waals surface area (Å²) < 4.78 is 2.19. The second-order valence-electron chi connectivity index (χ2n) is 16.4. The molecule has 5 nitrogen and oxygen atoms in total. The summed E-state index contributed by atoms with van der Waals surface area (Å²) in [7, 11) is 0. The fourth-order valence-electron chi connectivity index (χ4n) is 7.09. The van der Waals surface area contributed by atoms with Crippen LogP contribution in [0.25, 0.3) is 61.6 Å². The highest BCUT2D eigenvalue weighted by atomic mass is 16.3. The molecule has 0 saturated heterocycles. The normalized spacial score (nSPS) is 12.2. The molecule has 262 valence electrons. The van der Waals surface area contributed by atoms with Crippen molar-refractivity contribution in [1.29, 1.82) is 0 Å². The molecule has 1 N–H and O–H groups in total. The lowest BCUT2D eigenvalue weighted by atomic mass is 9.79. The number of imidazole rings is 1. The average Bonchev–Trinajstić information content (AvgIpc) is 3.50. The standard InChI is InChI=1S/C47H48N4O/c1-30(2)22-31-23-33(25-34(24-31)40-19-14-15-21-49-40)38-28-48-29-42-43(38)50-45(37-26-35(46(3,4)5)27-39(44(37)52)47(6,7)8)51(42)41-20-13-12-18-36(41)32-16-10-9-11-17-32/h9-21,23-30,52H,22H2,1-8H3. The van der Waals surface area contributed by atoms with Crippen LogP contribution in [0.1, 0.15) is 72.1 Å². The van der Waals surface area contributed by atoms with E-state index in [1.165, 1.54) is 5.56 Å². The van der Waals surface area contributed by atoms with Gasteiger partial charge in [-0.15, -0.1) is 0 Å². The molecule has 4 aromatic carbocycles. The van der Waals surface area contributed by atoms with Gasteiger partial charge in [-0.1, -0.05) is 122 Å². The molecule has 0 fully saturated rings. The van der Waals surface area contributed by atoms with Crippen molar-refractivity contribution in [2.45, 2.75) is 72.6 Å². The predicted octanol–water partition coefficient (Wildman–Crippen LogP) is 12.0. The first kappa shape index (κ1) is 34.9. The minimum absolute atomic E-state index is 0.160. The van der Waals surface area contributed by atoms with Crippen molar-refractivity contribution in [2.75, 3.05) is 0 Å². The molecule has 0 aliphatic heterocycles. The summed E-state index contributed by atoms with van der Waals surface area (Å²) in [5.74, 6) is 1.40. The number of phenols is 1. The topological polar surface area (TPSA) is 63.8 Å². The number of aromatic hydroxyl groups is 1. The lowest BCUT2D eigenvalue weighted by Crippen LogP contribution is -2.17. The molecular formula is C47H48N4O. The van der Waals surface area contributed by atoms with E-state index in [1.54, 1.807) is 0 Å². The third-order valence-corrected chi connectivity index (χ3v) is 9.73. The minimum Gasteiger partial charge on any atom is -0.507 e. The van der Waals surface area contributed by atoms with Gasteiger partial charge in [0.1, 0.15) is 17.1 Å². The predicted molar refractivity (Wildman–Crippen MR) is 216 cm³/mol. The Hall–Kier alpha value is -5.55. The first-order valence-corrected chi connectivity index (χ1v) is 18.2. The van der Waals surface area contributed by atoms with Crippen molar-refractivity contribution in [3.05, 3.63) is 138 Å². The van der Waals surface area contributed by atoms with Gasteiger partial charge in [-0.05, 0) is 81.8 Å². The number of aromatic nitrogens is 4. The number of hydrogen-bond donors (Lipinski definition) is 1. The molecule has 0 atom stereocenters. The Balaban J connectivity index is 1.59. The molecule has 0 spiro atoms. The number of pyridine rings is 2. The Bertz CT molecular complexity index is 2380. The molecule has 5 heteroatoms. The molecule has 0 radical (unpaired) electrons. The van der Waals surface area contributed by atoms with E-state index >= 15 is 0 Å². The van der Waals surface area contributed by atoms with Gasteiger partial charge in [0.05, 0.1) is 28.7 Å². The number of phenolic OH excluding ortho intramolecular Hbond substituents is 1. The van der Waals surface area contributed by atoms with E-state index in [2.05, 4.69) is 145 Å². The average molecular weight is 685 g/mol. The minimum atomic E-state index is -0.301. The van der Waals surface area contributed by atoms with E-state index in [-0.39, 0.29) is 16.6 Å². The number of benzene rings is 4. The molecule has 0 aliphatic carbocycles. The molecule has 3 heterocycles. The van der Waals surface area contributed by atoms with Gasteiger partial charge in [0.25, 0.3) is 0 Å². The quantitative estimate of drug-likeness (QED) is 0.181. The molecule has 0 bridgehead atoms. The van der Waals surface area contributed by atoms with Crippen molar-refractivity contribution in [2.24, 2.45) is 5.92 Å². The number of rotatable bonds is 7. The summed E-state index contributed by atoms with van der Waals surface area (Å²) in [5.41, 5.74) is 12.3. The van der Waals surface area contributed by atoms with Crippen LogP contribution in [0, 0.1) is 5.92 Å². The molecule has 7 rings (SSSR count). The molecule has 52 heavy (non-hydrogen) atoms. The molecule has 0 saturated carbocycles. The monoisotopic (exact) mass is 684 g/mol. The fourth-order valence-corrected chi connectivity index (χ4v) is 7.09. The van der Waals surface area contributed by atoms with E-state index in [4.69, 9.17) is 15.0 Å². The van der Waals surface area contributed by atoms with Gasteiger partial charge in [0, 0.05) is 34.6 Å². The van der Waals surface area contributed by atoms with Gasteiger partial charge >= 0.3 is 0 Å². The highest BCUT2D eigenvalue weighted by Gasteiger charge is 2.29. The molecule has 0 unspecified atom stereocenters. The van der Waals surface area contributed by atoms with E-state index in [0.29, 0.717) is 17.3 Å². The maximum atomic E-state index is 12.2. The van der Waals surface area contributed by atoms with Gasteiger partial charge in [-0.3, -0.25) is 14.5 Å². The van der Waals surface area contributed by atoms with E-state index in [9.17, 15) is 5.11 Å². The third-order valence-electron chi connectivity index (χ3n) is 9.73. The summed E-state index contributed by atoms with van der Waals surface area (Å²) in [6, 6.07) is 35.9. The second kappa shape index (κ2) is 13.5. The van der Waals surface area contributed by atoms with Gasteiger partial charge in [-0.25, -0.2) is 4.98 Å². The van der Waals surface area contributed by atoms with Crippen LogP contribution in [0.5, 0.6) is 5.75 Å². The first-order valence-electron chi connectivity index (χ1n) is 18.2. The summed E-state index contributed by atoms with van der Waals surface area (Å²) >= 11 is 0. The summed E-state index contributed by atoms with van der Waals surface area (Å²) in [6.07, 6.45) is 6.61. The molecule has 0 aliphatic rings. The van der Waals surface area contributed by atoms with E-state index < -0.39 is 0 Å². The highest BCUT2D eigenvalue weighted by Crippen LogP contribution is 2.45. The van der Waals surface area contributed by atoms with Crippen LogP contribution in [0.15, 0.2) is 122 Å². The zero-order valence-corrected chi connectivity index (χ0v) is 31.6. The Morgan fingerprint density at radius 2 is 1.38 bits per heavy atom. The Morgan fingerprint density at radius 3 is 2.08 bits per heavy atom. The number of hydrogen-bond acceptors (Lipinski definition) is 4. The van der Waals surface area contributed by atoms with Crippen molar-refractivity contribution in [1.82, 2.24) is 19.5 Å². The van der Waals surface area contributed by atoms with E-state index in [0.717, 1.165) is 67.8 Å². The second-order valence-corrected chi connectivity index (χ2v) is 16.4.